The van der Waals surface area contributed by atoms with Gasteiger partial charge in [0.2, 0.25) is 0 Å². The number of nitrogens with one attached hydrogen (secondary N) is 1. The van der Waals surface area contributed by atoms with Gasteiger partial charge in [0.15, 0.2) is 0 Å². The van der Waals surface area contributed by atoms with Gasteiger partial charge in [0.25, 0.3) is 5.91 Å². The summed E-state index contributed by atoms with van der Waals surface area (Å²) in [6, 6.07) is -0.623. The normalized spacial score (nSPS) is 11.9. The molecule has 0 bridgehead atoms. The number of carbonyl (C=O) groups is 2. The summed E-state index contributed by atoms with van der Waals surface area (Å²) in [5.74, 6) is -0.692. The number of aryl methyl sites for hydroxylation is 1. The second-order valence-electron chi connectivity index (χ2n) is 3.19. The Kier molecular flexibility index (Phi) is 3.85. The molecule has 1 aromatic heterocycles. The van der Waals surface area contributed by atoms with Crippen molar-refractivity contribution in [3.63, 3.8) is 0 Å². The van der Waals surface area contributed by atoms with E-state index < -0.39 is 12.0 Å². The minimum absolute atomic E-state index is 0.244. The topological polar surface area (TPSA) is 55.4 Å². The molecule has 0 aliphatic carbocycles. The molecule has 1 atom stereocenters. The summed E-state index contributed by atoms with van der Waals surface area (Å²) in [7, 11) is 1.29. The third-order valence-electron chi connectivity index (χ3n) is 2.00. The molecular formula is C10H13NO3S. The Morgan fingerprint density at radius 2 is 2.13 bits per heavy atom. The van der Waals surface area contributed by atoms with Gasteiger partial charge < -0.3 is 10.1 Å². The van der Waals surface area contributed by atoms with E-state index in [9.17, 15) is 9.59 Å². The van der Waals surface area contributed by atoms with Crippen LogP contribution in [0, 0.1) is 6.92 Å². The summed E-state index contributed by atoms with van der Waals surface area (Å²) in [6.07, 6.45) is 0. The molecule has 1 heterocycles. The largest absolute Gasteiger partial charge is 0.467 e. The highest BCUT2D eigenvalue weighted by molar-refractivity contribution is 7.08. The van der Waals surface area contributed by atoms with Crippen molar-refractivity contribution in [3.05, 3.63) is 21.9 Å². The molecular weight excluding hydrogens is 214 g/mol. The third kappa shape index (κ3) is 2.79. The Balaban J connectivity index is 2.64. The fourth-order valence-corrected chi connectivity index (χ4v) is 1.93. The molecule has 1 rings (SSSR count). The molecule has 0 spiro atoms. The number of hydrogen-bond donors (Lipinski definition) is 1. The molecule has 1 unspecified atom stereocenters. The molecule has 1 aromatic rings. The predicted molar refractivity (Wildman–Crippen MR) is 58.0 cm³/mol. The number of thiophene rings is 1. The Labute approximate surface area is 92.2 Å². The van der Waals surface area contributed by atoms with Gasteiger partial charge in [-0.05, 0) is 24.8 Å². The molecule has 0 aromatic carbocycles. The van der Waals surface area contributed by atoms with Gasteiger partial charge in [0, 0.05) is 5.38 Å². The van der Waals surface area contributed by atoms with Crippen LogP contribution in [0.5, 0.6) is 0 Å². The number of ether oxygens (including phenoxy) is 1. The Morgan fingerprint density at radius 3 is 2.60 bits per heavy atom. The van der Waals surface area contributed by atoms with Crippen molar-refractivity contribution >= 4 is 23.2 Å². The van der Waals surface area contributed by atoms with Gasteiger partial charge in [-0.1, -0.05) is 0 Å². The first-order valence-corrected chi connectivity index (χ1v) is 5.42. The van der Waals surface area contributed by atoms with Crippen LogP contribution in [-0.4, -0.2) is 25.0 Å². The first-order chi connectivity index (χ1) is 7.06. The molecule has 0 aliphatic rings. The van der Waals surface area contributed by atoms with Crippen LogP contribution in [0.2, 0.25) is 0 Å². The van der Waals surface area contributed by atoms with Crippen molar-refractivity contribution < 1.29 is 14.3 Å². The van der Waals surface area contributed by atoms with E-state index >= 15 is 0 Å². The van der Waals surface area contributed by atoms with E-state index in [0.29, 0.717) is 5.56 Å². The zero-order valence-electron chi connectivity index (χ0n) is 8.87. The maximum atomic E-state index is 11.6. The average molecular weight is 227 g/mol. The lowest BCUT2D eigenvalue weighted by molar-refractivity contribution is -0.142. The van der Waals surface area contributed by atoms with Gasteiger partial charge in [0.05, 0.1) is 12.7 Å². The minimum Gasteiger partial charge on any atom is -0.467 e. The van der Waals surface area contributed by atoms with Crippen molar-refractivity contribution in [2.24, 2.45) is 0 Å². The summed E-state index contributed by atoms with van der Waals surface area (Å²) in [4.78, 5) is 22.7. The van der Waals surface area contributed by atoms with Gasteiger partial charge in [-0.25, -0.2) is 4.79 Å². The fraction of sp³-hybridized carbons (Fsp3) is 0.400. The van der Waals surface area contributed by atoms with Crippen LogP contribution in [0.15, 0.2) is 10.8 Å². The minimum atomic E-state index is -0.623. The Morgan fingerprint density at radius 1 is 1.47 bits per heavy atom. The van der Waals surface area contributed by atoms with E-state index in [0.717, 1.165) is 5.56 Å². The van der Waals surface area contributed by atoms with Crippen molar-refractivity contribution in [2.75, 3.05) is 7.11 Å². The molecule has 1 amide bonds. The fourth-order valence-electron chi connectivity index (χ4n) is 1.10. The third-order valence-corrected chi connectivity index (χ3v) is 2.86. The van der Waals surface area contributed by atoms with Crippen molar-refractivity contribution in [2.45, 2.75) is 19.9 Å². The van der Waals surface area contributed by atoms with Gasteiger partial charge in [-0.2, -0.15) is 11.3 Å². The zero-order chi connectivity index (χ0) is 11.4. The Bertz CT molecular complexity index is 372. The van der Waals surface area contributed by atoms with Crippen LogP contribution in [0.25, 0.3) is 0 Å². The summed E-state index contributed by atoms with van der Waals surface area (Å²) in [5.41, 5.74) is 1.52. The zero-order valence-corrected chi connectivity index (χ0v) is 9.68. The van der Waals surface area contributed by atoms with Gasteiger partial charge in [-0.15, -0.1) is 0 Å². The highest BCUT2D eigenvalue weighted by Crippen LogP contribution is 2.13. The SMILES string of the molecule is COC(=O)C(C)NC(=O)c1cscc1C. The number of hydrogen-bond acceptors (Lipinski definition) is 4. The van der Waals surface area contributed by atoms with Crippen molar-refractivity contribution in [1.29, 1.82) is 0 Å². The lowest BCUT2D eigenvalue weighted by Gasteiger charge is -2.10. The van der Waals surface area contributed by atoms with Gasteiger partial charge in [-0.3, -0.25) is 4.79 Å². The molecule has 15 heavy (non-hydrogen) atoms. The van der Waals surface area contributed by atoms with Crippen LogP contribution in [0.4, 0.5) is 0 Å². The first-order valence-electron chi connectivity index (χ1n) is 4.47. The maximum absolute atomic E-state index is 11.6. The summed E-state index contributed by atoms with van der Waals surface area (Å²) >= 11 is 1.46. The first kappa shape index (κ1) is 11.7. The monoisotopic (exact) mass is 227 g/mol. The van der Waals surface area contributed by atoms with E-state index in [4.69, 9.17) is 0 Å². The van der Waals surface area contributed by atoms with Crippen molar-refractivity contribution in [3.8, 4) is 0 Å². The van der Waals surface area contributed by atoms with Crippen LogP contribution in [-0.2, 0) is 9.53 Å². The molecule has 0 fully saturated rings. The van der Waals surface area contributed by atoms with E-state index in [1.165, 1.54) is 18.4 Å². The molecule has 5 heteroatoms. The predicted octanol–water partition coefficient (Wildman–Crippen LogP) is 1.35. The summed E-state index contributed by atoms with van der Waals surface area (Å²) < 4.78 is 4.51. The number of carbonyl (C=O) groups excluding carboxylic acids is 2. The number of rotatable bonds is 3. The summed E-state index contributed by atoms with van der Waals surface area (Å²) in [6.45, 7) is 3.44. The quantitative estimate of drug-likeness (QED) is 0.793. The number of methoxy groups -OCH3 is 1. The highest BCUT2D eigenvalue weighted by atomic mass is 32.1. The summed E-state index contributed by atoms with van der Waals surface area (Å²) in [5, 5.41) is 6.21. The lowest BCUT2D eigenvalue weighted by atomic mass is 10.2. The molecule has 0 saturated heterocycles. The van der Waals surface area contributed by atoms with Gasteiger partial charge in [0.1, 0.15) is 6.04 Å². The molecule has 4 nitrogen and oxygen atoms in total. The number of esters is 1. The smallest absolute Gasteiger partial charge is 0.328 e. The number of amides is 1. The van der Waals surface area contributed by atoms with E-state index in [1.807, 2.05) is 12.3 Å². The lowest BCUT2D eigenvalue weighted by Crippen LogP contribution is -2.39. The van der Waals surface area contributed by atoms with E-state index in [-0.39, 0.29) is 5.91 Å². The second-order valence-corrected chi connectivity index (χ2v) is 3.93. The Hall–Kier alpha value is -1.36. The van der Waals surface area contributed by atoms with Crippen LogP contribution >= 0.6 is 11.3 Å². The molecule has 82 valence electrons. The standard InChI is InChI=1S/C10H13NO3S/c1-6-4-15-5-8(6)9(12)11-7(2)10(13)14-3/h4-5,7H,1-3H3,(H,11,12). The van der Waals surface area contributed by atoms with Crippen LogP contribution in [0.3, 0.4) is 0 Å². The van der Waals surface area contributed by atoms with Gasteiger partial charge >= 0.3 is 5.97 Å². The van der Waals surface area contributed by atoms with E-state index in [1.54, 1.807) is 12.3 Å². The maximum Gasteiger partial charge on any atom is 0.328 e. The van der Waals surface area contributed by atoms with Crippen LogP contribution in [0.1, 0.15) is 22.8 Å². The highest BCUT2D eigenvalue weighted by Gasteiger charge is 2.18. The van der Waals surface area contributed by atoms with Crippen molar-refractivity contribution in [1.82, 2.24) is 5.32 Å². The second kappa shape index (κ2) is 4.93. The molecule has 1 N–H and O–H groups in total. The molecule has 0 radical (unpaired) electrons. The van der Waals surface area contributed by atoms with E-state index in [2.05, 4.69) is 10.1 Å². The average Bonchev–Trinajstić information content (AvgIpc) is 2.63. The molecule has 0 saturated carbocycles. The van der Waals surface area contributed by atoms with Crippen LogP contribution < -0.4 is 5.32 Å². The molecule has 0 aliphatic heterocycles.